The van der Waals surface area contributed by atoms with Crippen molar-refractivity contribution in [3.63, 3.8) is 0 Å². The molecule has 0 aromatic heterocycles. The van der Waals surface area contributed by atoms with Crippen LogP contribution in [0.15, 0.2) is 0 Å². The number of urea groups is 1. The molecule has 0 spiro atoms. The number of hydrogen-bond acceptors (Lipinski definition) is 4. The molecule has 2 fully saturated rings. The Morgan fingerprint density at radius 3 is 2.65 bits per heavy atom. The van der Waals surface area contributed by atoms with E-state index in [4.69, 9.17) is 0 Å². The Balaban J connectivity index is 1.84. The quantitative estimate of drug-likeness (QED) is 0.563. The lowest BCUT2D eigenvalue weighted by Crippen LogP contribution is -2.43. The van der Waals surface area contributed by atoms with Crippen molar-refractivity contribution in [2.24, 2.45) is 0 Å². The first-order valence-corrected chi connectivity index (χ1v) is 5.96. The maximum absolute atomic E-state index is 11.8. The molecule has 6 nitrogen and oxygen atoms in total. The molecule has 0 aromatic rings. The number of amides is 3. The minimum Gasteiger partial charge on any atom is -0.390 e. The highest BCUT2D eigenvalue weighted by molar-refractivity contribution is 6.06. The van der Waals surface area contributed by atoms with E-state index in [0.29, 0.717) is 12.6 Å². The summed E-state index contributed by atoms with van der Waals surface area (Å²) < 4.78 is 0. The molecule has 2 rings (SSSR count). The molecular weight excluding hydrogens is 222 g/mol. The van der Waals surface area contributed by atoms with E-state index >= 15 is 0 Å². The third-order valence-electron chi connectivity index (χ3n) is 3.06. The topological polar surface area (TPSA) is 81.7 Å². The van der Waals surface area contributed by atoms with Crippen LogP contribution in [0.2, 0.25) is 0 Å². The summed E-state index contributed by atoms with van der Waals surface area (Å²) in [4.78, 5) is 24.5. The Kier molecular flexibility index (Phi) is 3.09. The summed E-state index contributed by atoms with van der Waals surface area (Å²) >= 11 is 0. The fraction of sp³-hybridized carbons (Fsp3) is 0.818. The molecule has 3 amide bonds. The van der Waals surface area contributed by atoms with E-state index in [2.05, 4.69) is 10.6 Å². The molecule has 96 valence electrons. The van der Waals surface area contributed by atoms with E-state index < -0.39 is 17.7 Å². The fourth-order valence-electron chi connectivity index (χ4n) is 1.85. The molecule has 0 bridgehead atoms. The third-order valence-corrected chi connectivity index (χ3v) is 3.06. The Hall–Kier alpha value is -1.14. The van der Waals surface area contributed by atoms with Gasteiger partial charge in [-0.05, 0) is 26.7 Å². The first-order chi connectivity index (χ1) is 7.90. The van der Waals surface area contributed by atoms with Crippen molar-refractivity contribution in [3.05, 3.63) is 0 Å². The molecule has 1 aliphatic carbocycles. The van der Waals surface area contributed by atoms with Crippen molar-refractivity contribution < 1.29 is 14.7 Å². The standard InChI is InChI=1S/C11H19N3O3/c1-11(2)9(16)14(10(17)13-11)6-8(15)5-12-7-3-4-7/h7-8,12,15H,3-6H2,1-2H3,(H,13,17). The number of nitrogens with zero attached hydrogens (tertiary/aromatic N) is 1. The average molecular weight is 241 g/mol. The van der Waals surface area contributed by atoms with Crippen LogP contribution in [-0.2, 0) is 4.79 Å². The lowest BCUT2D eigenvalue weighted by atomic mass is 10.1. The minimum absolute atomic E-state index is 0.0494. The van der Waals surface area contributed by atoms with Crippen LogP contribution < -0.4 is 10.6 Å². The molecule has 3 N–H and O–H groups in total. The summed E-state index contributed by atoms with van der Waals surface area (Å²) in [5.74, 6) is -0.284. The molecular formula is C11H19N3O3. The number of aliphatic hydroxyl groups excluding tert-OH is 1. The van der Waals surface area contributed by atoms with E-state index in [1.807, 2.05) is 0 Å². The zero-order valence-electron chi connectivity index (χ0n) is 10.2. The van der Waals surface area contributed by atoms with Gasteiger partial charge in [-0.1, -0.05) is 0 Å². The van der Waals surface area contributed by atoms with Gasteiger partial charge < -0.3 is 15.7 Å². The van der Waals surface area contributed by atoms with Crippen molar-refractivity contribution >= 4 is 11.9 Å². The predicted molar refractivity (Wildman–Crippen MR) is 61.4 cm³/mol. The largest absolute Gasteiger partial charge is 0.390 e. The third kappa shape index (κ3) is 2.76. The fourth-order valence-corrected chi connectivity index (χ4v) is 1.85. The number of carbonyl (C=O) groups is 2. The highest BCUT2D eigenvalue weighted by Crippen LogP contribution is 2.19. The van der Waals surface area contributed by atoms with Gasteiger partial charge in [0.15, 0.2) is 0 Å². The smallest absolute Gasteiger partial charge is 0.325 e. The van der Waals surface area contributed by atoms with E-state index in [1.165, 1.54) is 0 Å². The SMILES string of the molecule is CC1(C)NC(=O)N(CC(O)CNC2CC2)C1=O. The highest BCUT2D eigenvalue weighted by Gasteiger charge is 2.44. The summed E-state index contributed by atoms with van der Waals surface area (Å²) in [6.07, 6.45) is 1.57. The number of imide groups is 1. The van der Waals surface area contributed by atoms with Gasteiger partial charge in [0.25, 0.3) is 5.91 Å². The minimum atomic E-state index is -0.860. The maximum atomic E-state index is 11.8. The van der Waals surface area contributed by atoms with Crippen LogP contribution in [0.25, 0.3) is 0 Å². The van der Waals surface area contributed by atoms with Crippen molar-refractivity contribution in [2.75, 3.05) is 13.1 Å². The summed E-state index contributed by atoms with van der Waals surface area (Å²) in [5, 5.41) is 15.5. The van der Waals surface area contributed by atoms with Crippen LogP contribution in [-0.4, -0.2) is 52.7 Å². The van der Waals surface area contributed by atoms with Crippen LogP contribution in [0.5, 0.6) is 0 Å². The van der Waals surface area contributed by atoms with Gasteiger partial charge in [-0.25, -0.2) is 4.79 Å². The van der Waals surface area contributed by atoms with Crippen molar-refractivity contribution in [1.29, 1.82) is 0 Å². The Labute approximate surface area is 100 Å². The van der Waals surface area contributed by atoms with Crippen LogP contribution in [0.3, 0.4) is 0 Å². The summed E-state index contributed by atoms with van der Waals surface area (Å²) in [6.45, 7) is 3.78. The number of rotatable bonds is 5. The molecule has 1 atom stereocenters. The summed E-state index contributed by atoms with van der Waals surface area (Å²) in [7, 11) is 0. The highest BCUT2D eigenvalue weighted by atomic mass is 16.3. The van der Waals surface area contributed by atoms with Crippen LogP contribution >= 0.6 is 0 Å². The molecule has 17 heavy (non-hydrogen) atoms. The van der Waals surface area contributed by atoms with Gasteiger partial charge in [0.05, 0.1) is 12.6 Å². The number of carbonyl (C=O) groups excluding carboxylic acids is 2. The molecule has 1 unspecified atom stereocenters. The van der Waals surface area contributed by atoms with Gasteiger partial charge in [-0.15, -0.1) is 0 Å². The zero-order chi connectivity index (χ0) is 12.6. The number of β-amino-alcohol motifs (C(OH)–C–C–N with tert-alkyl or cyclic N) is 1. The number of aliphatic hydroxyl groups is 1. The molecule has 1 saturated heterocycles. The van der Waals surface area contributed by atoms with Crippen LogP contribution in [0.4, 0.5) is 4.79 Å². The van der Waals surface area contributed by atoms with Crippen molar-refractivity contribution in [2.45, 2.75) is 44.4 Å². The van der Waals surface area contributed by atoms with Crippen molar-refractivity contribution in [3.8, 4) is 0 Å². The Morgan fingerprint density at radius 1 is 1.53 bits per heavy atom. The van der Waals surface area contributed by atoms with Crippen LogP contribution in [0, 0.1) is 0 Å². The molecule has 2 aliphatic rings. The van der Waals surface area contributed by atoms with Gasteiger partial charge in [0.2, 0.25) is 0 Å². The molecule has 1 saturated carbocycles. The van der Waals surface area contributed by atoms with Gasteiger partial charge >= 0.3 is 6.03 Å². The molecule has 0 radical (unpaired) electrons. The van der Waals surface area contributed by atoms with Gasteiger partial charge in [-0.3, -0.25) is 9.69 Å². The van der Waals surface area contributed by atoms with E-state index in [-0.39, 0.29) is 12.5 Å². The molecule has 1 heterocycles. The second-order valence-electron chi connectivity index (χ2n) is 5.31. The Bertz CT molecular complexity index is 339. The number of hydrogen-bond donors (Lipinski definition) is 3. The Morgan fingerprint density at radius 2 is 2.18 bits per heavy atom. The first-order valence-electron chi connectivity index (χ1n) is 5.96. The summed E-state index contributed by atoms with van der Waals surface area (Å²) in [6, 6.07) is 0.0784. The van der Waals surface area contributed by atoms with E-state index in [0.717, 1.165) is 17.7 Å². The van der Waals surface area contributed by atoms with Gasteiger partial charge in [-0.2, -0.15) is 0 Å². The van der Waals surface area contributed by atoms with Crippen LogP contribution in [0.1, 0.15) is 26.7 Å². The lowest BCUT2D eigenvalue weighted by molar-refractivity contribution is -0.131. The molecule has 6 heteroatoms. The number of nitrogens with one attached hydrogen (secondary N) is 2. The average Bonchev–Trinajstić information content (AvgIpc) is 3.01. The summed E-state index contributed by atoms with van der Waals surface area (Å²) in [5.41, 5.74) is -0.860. The normalized spacial score (nSPS) is 25.0. The van der Waals surface area contributed by atoms with Gasteiger partial charge in [0.1, 0.15) is 5.54 Å². The molecule has 1 aliphatic heterocycles. The zero-order valence-corrected chi connectivity index (χ0v) is 10.2. The van der Waals surface area contributed by atoms with Crippen molar-refractivity contribution in [1.82, 2.24) is 15.5 Å². The monoisotopic (exact) mass is 241 g/mol. The van der Waals surface area contributed by atoms with E-state index in [1.54, 1.807) is 13.8 Å². The molecule has 0 aromatic carbocycles. The van der Waals surface area contributed by atoms with Gasteiger partial charge in [0, 0.05) is 12.6 Å². The second kappa shape index (κ2) is 4.27. The second-order valence-corrected chi connectivity index (χ2v) is 5.31. The predicted octanol–water partition coefficient (Wildman–Crippen LogP) is -0.570. The first kappa shape index (κ1) is 12.3. The lowest BCUT2D eigenvalue weighted by Gasteiger charge is -2.19. The maximum Gasteiger partial charge on any atom is 0.325 e. The van der Waals surface area contributed by atoms with E-state index in [9.17, 15) is 14.7 Å².